The maximum absolute atomic E-state index is 13.8. The molecular weight excluding hydrogens is 586 g/mol. The number of rotatable bonds is 15. The van der Waals surface area contributed by atoms with Crippen molar-refractivity contribution in [2.75, 3.05) is 18.8 Å². The Morgan fingerprint density at radius 3 is 2.28 bits per heavy atom. The molecule has 1 aliphatic rings. The molecule has 0 radical (unpaired) electrons. The number of thioether (sulfide) groups is 1. The first kappa shape index (κ1) is 34.3. The number of carbonyl (C=O) groups excluding carboxylic acids is 3. The number of nitrogens with zero attached hydrogens (tertiary/aromatic N) is 2. The number of ketones is 1. The number of aromatic nitrogens is 2. The molecule has 1 atom stereocenters. The fourth-order valence-electron chi connectivity index (χ4n) is 5.17. The molecule has 1 saturated carbocycles. The monoisotopic (exact) mass is 627 g/mol. The summed E-state index contributed by atoms with van der Waals surface area (Å²) in [7, 11) is 0. The quantitative estimate of drug-likeness (QED) is 0.118. The van der Waals surface area contributed by atoms with Crippen LogP contribution in [0, 0.1) is 5.92 Å². The fourth-order valence-corrected chi connectivity index (χ4v) is 5.83. The molecule has 3 aromatic rings. The van der Waals surface area contributed by atoms with Crippen molar-refractivity contribution in [3.63, 3.8) is 0 Å². The molecule has 232 valence electrons. The van der Waals surface area contributed by atoms with Crippen LogP contribution in [-0.4, -0.2) is 58.2 Å². The zero-order chi connectivity index (χ0) is 29.8. The maximum atomic E-state index is 13.8. The van der Waals surface area contributed by atoms with Gasteiger partial charge in [0, 0.05) is 17.9 Å². The van der Waals surface area contributed by atoms with E-state index in [0.29, 0.717) is 35.8 Å². The van der Waals surface area contributed by atoms with Gasteiger partial charge in [0.15, 0.2) is 0 Å². The highest BCUT2D eigenvalue weighted by atomic mass is 35.5. The third-order valence-corrected chi connectivity index (χ3v) is 8.23. The van der Waals surface area contributed by atoms with Gasteiger partial charge in [-0.1, -0.05) is 93.4 Å². The van der Waals surface area contributed by atoms with Gasteiger partial charge in [-0.2, -0.15) is 0 Å². The lowest BCUT2D eigenvalue weighted by Gasteiger charge is -2.37. The molecule has 0 bridgehead atoms. The summed E-state index contributed by atoms with van der Waals surface area (Å²) in [5.74, 6) is -0.349. The maximum Gasteiger partial charge on any atom is 0.286 e. The van der Waals surface area contributed by atoms with Crippen LogP contribution in [0.25, 0.3) is 0 Å². The molecule has 1 aliphatic carbocycles. The molecule has 0 spiro atoms. The lowest BCUT2D eigenvalue weighted by atomic mass is 9.80. The molecule has 2 aromatic carbocycles. The third-order valence-electron chi connectivity index (χ3n) is 7.41. The topological polar surface area (TPSA) is 126 Å². The second kappa shape index (κ2) is 17.2. The number of carbonyl (C=O) groups is 3. The van der Waals surface area contributed by atoms with Crippen molar-refractivity contribution in [2.24, 2.45) is 5.92 Å². The Morgan fingerprint density at radius 1 is 0.930 bits per heavy atom. The Hall–Kier alpha value is -3.21. The van der Waals surface area contributed by atoms with Gasteiger partial charge in [0.2, 0.25) is 11.7 Å². The second-order valence-corrected chi connectivity index (χ2v) is 12.2. The fraction of sp³-hybridized carbons (Fsp3) is 0.469. The molecule has 1 aromatic heterocycles. The molecule has 9 nitrogen and oxygen atoms in total. The van der Waals surface area contributed by atoms with Gasteiger partial charge in [0.1, 0.15) is 5.54 Å². The third kappa shape index (κ3) is 10.2. The summed E-state index contributed by atoms with van der Waals surface area (Å²) in [6.07, 6.45) is 5.01. The SMILES string of the molecule is CC(C)CC(NC(=O)C1(NC(=O)c2ccccc2)CCCCC1)C(=O)c1nnc(SCCNCCc2ccccc2)o1.Cl. The number of nitrogens with one attached hydrogen (secondary N) is 3. The minimum Gasteiger partial charge on any atom is -0.408 e. The van der Waals surface area contributed by atoms with Crippen LogP contribution in [0.2, 0.25) is 0 Å². The van der Waals surface area contributed by atoms with Crippen LogP contribution in [0.15, 0.2) is 70.3 Å². The second-order valence-electron chi connectivity index (χ2n) is 11.2. The molecule has 1 unspecified atom stereocenters. The summed E-state index contributed by atoms with van der Waals surface area (Å²) in [5.41, 5.74) is 0.699. The zero-order valence-corrected chi connectivity index (χ0v) is 26.5. The van der Waals surface area contributed by atoms with Crippen LogP contribution in [0.3, 0.4) is 0 Å². The Bertz CT molecular complexity index is 1300. The average molecular weight is 628 g/mol. The van der Waals surface area contributed by atoms with Gasteiger partial charge in [-0.15, -0.1) is 22.6 Å². The predicted molar refractivity (Wildman–Crippen MR) is 171 cm³/mol. The van der Waals surface area contributed by atoms with Crippen LogP contribution >= 0.6 is 24.2 Å². The summed E-state index contributed by atoms with van der Waals surface area (Å²) in [5, 5.41) is 17.7. The van der Waals surface area contributed by atoms with Crippen LogP contribution in [0.4, 0.5) is 0 Å². The van der Waals surface area contributed by atoms with Crippen molar-refractivity contribution in [1.82, 2.24) is 26.1 Å². The van der Waals surface area contributed by atoms with E-state index in [0.717, 1.165) is 38.8 Å². The molecule has 1 fully saturated rings. The Morgan fingerprint density at radius 2 is 1.60 bits per heavy atom. The minimum atomic E-state index is -1.08. The van der Waals surface area contributed by atoms with E-state index in [-0.39, 0.29) is 36.0 Å². The average Bonchev–Trinajstić information content (AvgIpc) is 3.48. The minimum absolute atomic E-state index is 0. The van der Waals surface area contributed by atoms with Gasteiger partial charge in [0.25, 0.3) is 17.0 Å². The Labute approximate surface area is 264 Å². The normalized spacial score (nSPS) is 14.9. The highest BCUT2D eigenvalue weighted by Crippen LogP contribution is 2.30. The van der Waals surface area contributed by atoms with Crippen LogP contribution in [-0.2, 0) is 11.2 Å². The number of benzene rings is 2. The van der Waals surface area contributed by atoms with Gasteiger partial charge >= 0.3 is 0 Å². The van der Waals surface area contributed by atoms with Crippen molar-refractivity contribution in [1.29, 1.82) is 0 Å². The molecule has 0 aliphatic heterocycles. The van der Waals surface area contributed by atoms with Crippen molar-refractivity contribution in [2.45, 2.75) is 75.6 Å². The molecule has 3 N–H and O–H groups in total. The van der Waals surface area contributed by atoms with E-state index in [9.17, 15) is 14.4 Å². The zero-order valence-electron chi connectivity index (χ0n) is 24.8. The van der Waals surface area contributed by atoms with Crippen molar-refractivity contribution < 1.29 is 18.8 Å². The highest BCUT2D eigenvalue weighted by molar-refractivity contribution is 7.99. The summed E-state index contributed by atoms with van der Waals surface area (Å²) >= 11 is 1.38. The van der Waals surface area contributed by atoms with E-state index < -0.39 is 17.4 Å². The van der Waals surface area contributed by atoms with E-state index in [1.807, 2.05) is 38.1 Å². The molecule has 1 heterocycles. The van der Waals surface area contributed by atoms with E-state index in [1.54, 1.807) is 24.3 Å². The largest absolute Gasteiger partial charge is 0.408 e. The van der Waals surface area contributed by atoms with E-state index in [4.69, 9.17) is 4.42 Å². The molecule has 11 heteroatoms. The van der Waals surface area contributed by atoms with Crippen molar-refractivity contribution >= 4 is 41.8 Å². The first-order valence-corrected chi connectivity index (χ1v) is 15.8. The van der Waals surface area contributed by atoms with Gasteiger partial charge in [-0.25, -0.2) is 0 Å². The lowest BCUT2D eigenvalue weighted by molar-refractivity contribution is -0.129. The first-order valence-electron chi connectivity index (χ1n) is 14.8. The van der Waals surface area contributed by atoms with Gasteiger partial charge in [0.05, 0.1) is 6.04 Å². The van der Waals surface area contributed by atoms with Gasteiger partial charge in [-0.3, -0.25) is 14.4 Å². The van der Waals surface area contributed by atoms with E-state index in [2.05, 4.69) is 38.3 Å². The van der Waals surface area contributed by atoms with E-state index in [1.165, 1.54) is 17.3 Å². The summed E-state index contributed by atoms with van der Waals surface area (Å²) < 4.78 is 5.70. The smallest absolute Gasteiger partial charge is 0.286 e. The number of halogens is 1. The van der Waals surface area contributed by atoms with Crippen molar-refractivity contribution in [3.05, 3.63) is 77.7 Å². The molecule has 43 heavy (non-hydrogen) atoms. The van der Waals surface area contributed by atoms with E-state index >= 15 is 0 Å². The molecular formula is C32H42ClN5O4S. The summed E-state index contributed by atoms with van der Waals surface area (Å²) in [6, 6.07) is 18.3. The number of amides is 2. The van der Waals surface area contributed by atoms with Crippen LogP contribution in [0.1, 0.15) is 79.0 Å². The standard InChI is InChI=1S/C32H41N5O4S.ClH/c1-23(2)22-26(34-30(40)32(17-10-5-11-18-32)35-28(39)25-14-8-4-9-15-25)27(38)29-36-37-31(41-29)42-21-20-33-19-16-24-12-6-3-7-13-24;/h3-4,6-9,12-15,23,26,33H,5,10-11,16-22H2,1-2H3,(H,34,40)(H,35,39);1H. The Kier molecular flexibility index (Phi) is 13.7. The highest BCUT2D eigenvalue weighted by Gasteiger charge is 2.43. The summed E-state index contributed by atoms with van der Waals surface area (Å²) in [6.45, 7) is 5.59. The number of hydrogen-bond donors (Lipinski definition) is 3. The van der Waals surface area contributed by atoms with Crippen molar-refractivity contribution in [3.8, 4) is 0 Å². The molecule has 0 saturated heterocycles. The number of Topliss-reactive ketones (excluding diaryl/α,β-unsaturated/α-hetero) is 1. The molecule has 2 amide bonds. The van der Waals surface area contributed by atoms with Crippen LogP contribution < -0.4 is 16.0 Å². The molecule has 4 rings (SSSR count). The van der Waals surface area contributed by atoms with Gasteiger partial charge in [-0.05, 0) is 55.8 Å². The number of hydrogen-bond acceptors (Lipinski definition) is 8. The predicted octanol–water partition coefficient (Wildman–Crippen LogP) is 5.26. The van der Waals surface area contributed by atoms with Crippen LogP contribution in [0.5, 0.6) is 0 Å². The lowest BCUT2D eigenvalue weighted by Crippen LogP contribution is -2.62. The van der Waals surface area contributed by atoms with Gasteiger partial charge < -0.3 is 20.4 Å². The Balaban J connectivity index is 0.00000506. The first-order chi connectivity index (χ1) is 20.4. The summed E-state index contributed by atoms with van der Waals surface area (Å²) in [4.78, 5) is 40.3.